The average Bonchev–Trinajstić information content (AvgIpc) is 2.48. The molecule has 0 aliphatic rings. The molecule has 0 bridgehead atoms. The summed E-state index contributed by atoms with van der Waals surface area (Å²) in [5, 5.41) is 2.75. The van der Waals surface area contributed by atoms with Gasteiger partial charge >= 0.3 is 0 Å². The standard InChI is InChI=1S/C16H15BrFNO2/c1-21-13-6-2-11(3-7-13)4-9-16(20)19-15-8-5-12(18)10-14(15)17/h2-3,5-8,10H,4,9H2,1H3,(H,19,20). The third kappa shape index (κ3) is 4.56. The number of carbonyl (C=O) groups is 1. The summed E-state index contributed by atoms with van der Waals surface area (Å²) in [7, 11) is 1.61. The topological polar surface area (TPSA) is 38.3 Å². The molecule has 0 atom stereocenters. The van der Waals surface area contributed by atoms with Crippen molar-refractivity contribution in [1.82, 2.24) is 0 Å². The van der Waals surface area contributed by atoms with E-state index in [0.717, 1.165) is 11.3 Å². The summed E-state index contributed by atoms with van der Waals surface area (Å²) >= 11 is 3.22. The molecule has 1 amide bonds. The number of benzene rings is 2. The van der Waals surface area contributed by atoms with Gasteiger partial charge in [-0.25, -0.2) is 4.39 Å². The molecule has 21 heavy (non-hydrogen) atoms. The Kier molecular flexibility index (Phi) is 5.33. The van der Waals surface area contributed by atoms with Crippen molar-refractivity contribution in [3.05, 3.63) is 58.3 Å². The highest BCUT2D eigenvalue weighted by Crippen LogP contribution is 2.23. The lowest BCUT2D eigenvalue weighted by Crippen LogP contribution is -2.12. The van der Waals surface area contributed by atoms with E-state index >= 15 is 0 Å². The van der Waals surface area contributed by atoms with Crippen LogP contribution in [0.15, 0.2) is 46.9 Å². The molecule has 0 heterocycles. The summed E-state index contributed by atoms with van der Waals surface area (Å²) in [6.45, 7) is 0. The molecule has 2 rings (SSSR count). The van der Waals surface area contributed by atoms with Gasteiger partial charge in [0.15, 0.2) is 0 Å². The van der Waals surface area contributed by atoms with Crippen LogP contribution in [0.1, 0.15) is 12.0 Å². The smallest absolute Gasteiger partial charge is 0.224 e. The molecule has 1 N–H and O–H groups in total. The third-order valence-corrected chi connectivity index (χ3v) is 3.66. The minimum Gasteiger partial charge on any atom is -0.497 e. The summed E-state index contributed by atoms with van der Waals surface area (Å²) in [5.41, 5.74) is 1.63. The van der Waals surface area contributed by atoms with Crippen LogP contribution in [0.5, 0.6) is 5.75 Å². The molecular weight excluding hydrogens is 337 g/mol. The maximum Gasteiger partial charge on any atom is 0.224 e. The van der Waals surface area contributed by atoms with E-state index < -0.39 is 0 Å². The summed E-state index contributed by atoms with van der Waals surface area (Å²) < 4.78 is 18.6. The van der Waals surface area contributed by atoms with E-state index in [9.17, 15) is 9.18 Å². The first-order valence-electron chi connectivity index (χ1n) is 6.46. The highest BCUT2D eigenvalue weighted by Gasteiger charge is 2.07. The fraction of sp³-hybridized carbons (Fsp3) is 0.188. The number of amides is 1. The van der Waals surface area contributed by atoms with Gasteiger partial charge in [-0.05, 0) is 58.2 Å². The molecule has 2 aromatic rings. The van der Waals surface area contributed by atoms with Crippen LogP contribution in [-0.4, -0.2) is 13.0 Å². The number of hydrogen-bond donors (Lipinski definition) is 1. The zero-order chi connectivity index (χ0) is 15.2. The third-order valence-electron chi connectivity index (χ3n) is 3.01. The largest absolute Gasteiger partial charge is 0.497 e. The lowest BCUT2D eigenvalue weighted by atomic mass is 10.1. The zero-order valence-corrected chi connectivity index (χ0v) is 13.1. The summed E-state index contributed by atoms with van der Waals surface area (Å²) in [6.07, 6.45) is 0.991. The average molecular weight is 352 g/mol. The molecule has 0 saturated heterocycles. The molecular formula is C16H15BrFNO2. The number of halogens is 2. The van der Waals surface area contributed by atoms with Crippen LogP contribution in [0.4, 0.5) is 10.1 Å². The Balaban J connectivity index is 1.89. The number of anilines is 1. The molecule has 0 aromatic heterocycles. The molecule has 5 heteroatoms. The van der Waals surface area contributed by atoms with Crippen molar-refractivity contribution < 1.29 is 13.9 Å². The van der Waals surface area contributed by atoms with Gasteiger partial charge in [0, 0.05) is 10.9 Å². The summed E-state index contributed by atoms with van der Waals surface area (Å²) in [5.74, 6) is 0.328. The van der Waals surface area contributed by atoms with Crippen LogP contribution < -0.4 is 10.1 Å². The quantitative estimate of drug-likeness (QED) is 0.877. The Morgan fingerprint density at radius 2 is 1.95 bits per heavy atom. The highest BCUT2D eigenvalue weighted by atomic mass is 79.9. The molecule has 0 radical (unpaired) electrons. The van der Waals surface area contributed by atoms with Crippen molar-refractivity contribution in [1.29, 1.82) is 0 Å². The second-order valence-corrected chi connectivity index (χ2v) is 5.37. The molecule has 0 aliphatic carbocycles. The fourth-order valence-electron chi connectivity index (χ4n) is 1.85. The SMILES string of the molecule is COc1ccc(CCC(=O)Nc2ccc(F)cc2Br)cc1. The van der Waals surface area contributed by atoms with Crippen molar-refractivity contribution in [2.24, 2.45) is 0 Å². The number of nitrogens with one attached hydrogen (secondary N) is 1. The van der Waals surface area contributed by atoms with Crippen molar-refractivity contribution in [3.8, 4) is 5.75 Å². The molecule has 0 aliphatic heterocycles. The molecule has 110 valence electrons. The van der Waals surface area contributed by atoms with Gasteiger partial charge in [0.25, 0.3) is 0 Å². The zero-order valence-electron chi connectivity index (χ0n) is 11.5. The fourth-order valence-corrected chi connectivity index (χ4v) is 2.30. The van der Waals surface area contributed by atoms with E-state index in [1.54, 1.807) is 7.11 Å². The first-order valence-corrected chi connectivity index (χ1v) is 7.25. The molecule has 0 saturated carbocycles. The predicted molar refractivity (Wildman–Crippen MR) is 84.0 cm³/mol. The molecule has 2 aromatic carbocycles. The van der Waals surface area contributed by atoms with E-state index in [0.29, 0.717) is 23.0 Å². The number of carbonyl (C=O) groups excluding carboxylic acids is 1. The first kappa shape index (κ1) is 15.5. The first-order chi connectivity index (χ1) is 10.1. The van der Waals surface area contributed by atoms with E-state index in [1.807, 2.05) is 24.3 Å². The second-order valence-electron chi connectivity index (χ2n) is 4.52. The van der Waals surface area contributed by atoms with E-state index in [-0.39, 0.29) is 11.7 Å². The Morgan fingerprint density at radius 1 is 1.24 bits per heavy atom. The van der Waals surface area contributed by atoms with Crippen LogP contribution in [0, 0.1) is 5.82 Å². The van der Waals surface area contributed by atoms with Gasteiger partial charge in [-0.1, -0.05) is 12.1 Å². The molecule has 3 nitrogen and oxygen atoms in total. The van der Waals surface area contributed by atoms with E-state index in [1.165, 1.54) is 18.2 Å². The number of ether oxygens (including phenoxy) is 1. The number of hydrogen-bond acceptors (Lipinski definition) is 2. The van der Waals surface area contributed by atoms with Gasteiger partial charge in [0.2, 0.25) is 5.91 Å². The van der Waals surface area contributed by atoms with Gasteiger partial charge in [0.05, 0.1) is 12.8 Å². The Labute approximate surface area is 131 Å². The van der Waals surface area contributed by atoms with Crippen molar-refractivity contribution in [2.45, 2.75) is 12.8 Å². The molecule has 0 unspecified atom stereocenters. The molecule has 0 fully saturated rings. The molecule has 0 spiro atoms. The van der Waals surface area contributed by atoms with E-state index in [4.69, 9.17) is 4.74 Å². The van der Waals surface area contributed by atoms with Gasteiger partial charge in [-0.3, -0.25) is 4.79 Å². The second kappa shape index (κ2) is 7.22. The number of rotatable bonds is 5. The lowest BCUT2D eigenvalue weighted by molar-refractivity contribution is -0.116. The highest BCUT2D eigenvalue weighted by molar-refractivity contribution is 9.10. The minimum absolute atomic E-state index is 0.113. The van der Waals surface area contributed by atoms with Gasteiger partial charge in [-0.15, -0.1) is 0 Å². The van der Waals surface area contributed by atoms with Crippen LogP contribution in [0.3, 0.4) is 0 Å². The predicted octanol–water partition coefficient (Wildman–Crippen LogP) is 4.17. The number of methoxy groups -OCH3 is 1. The van der Waals surface area contributed by atoms with Crippen LogP contribution in [0.25, 0.3) is 0 Å². The maximum absolute atomic E-state index is 13.0. The van der Waals surface area contributed by atoms with Gasteiger partial charge < -0.3 is 10.1 Å². The number of aryl methyl sites for hydroxylation is 1. The van der Waals surface area contributed by atoms with Crippen molar-refractivity contribution in [2.75, 3.05) is 12.4 Å². The lowest BCUT2D eigenvalue weighted by Gasteiger charge is -2.08. The van der Waals surface area contributed by atoms with Gasteiger partial charge in [0.1, 0.15) is 11.6 Å². The van der Waals surface area contributed by atoms with Crippen LogP contribution >= 0.6 is 15.9 Å². The Morgan fingerprint density at radius 3 is 2.57 bits per heavy atom. The van der Waals surface area contributed by atoms with Gasteiger partial charge in [-0.2, -0.15) is 0 Å². The Hall–Kier alpha value is -1.88. The van der Waals surface area contributed by atoms with Crippen LogP contribution in [0.2, 0.25) is 0 Å². The van der Waals surface area contributed by atoms with Crippen molar-refractivity contribution in [3.63, 3.8) is 0 Å². The Bertz CT molecular complexity index is 629. The van der Waals surface area contributed by atoms with Crippen LogP contribution in [-0.2, 0) is 11.2 Å². The maximum atomic E-state index is 13.0. The minimum atomic E-state index is -0.349. The monoisotopic (exact) mass is 351 g/mol. The summed E-state index contributed by atoms with van der Waals surface area (Å²) in [4.78, 5) is 11.9. The van der Waals surface area contributed by atoms with Crippen molar-refractivity contribution >= 4 is 27.5 Å². The van der Waals surface area contributed by atoms with E-state index in [2.05, 4.69) is 21.2 Å². The normalized spacial score (nSPS) is 10.2. The summed E-state index contributed by atoms with van der Waals surface area (Å²) in [6, 6.07) is 11.8.